The number of carbonyl (C=O) groups is 1. The van der Waals surface area contributed by atoms with Crippen molar-refractivity contribution in [3.63, 3.8) is 0 Å². The van der Waals surface area contributed by atoms with E-state index in [4.69, 9.17) is 4.74 Å². The molecule has 4 aliphatic carbocycles. The van der Waals surface area contributed by atoms with Crippen molar-refractivity contribution in [1.29, 1.82) is 0 Å². The van der Waals surface area contributed by atoms with Crippen molar-refractivity contribution in [1.82, 2.24) is 10.2 Å². The summed E-state index contributed by atoms with van der Waals surface area (Å²) in [4.78, 5) is 15.4. The van der Waals surface area contributed by atoms with Crippen molar-refractivity contribution in [2.45, 2.75) is 84.7 Å². The van der Waals surface area contributed by atoms with Crippen LogP contribution in [0.1, 0.15) is 83.0 Å². The molecule has 0 radical (unpaired) electrons. The lowest BCUT2D eigenvalue weighted by atomic mass is 9.51. The first-order chi connectivity index (χ1) is 18.0. The smallest absolute Gasteiger partial charge is 0.338 e. The quantitative estimate of drug-likeness (QED) is 0.417. The van der Waals surface area contributed by atoms with Crippen LogP contribution >= 0.6 is 0 Å². The molecule has 1 aromatic carbocycles. The zero-order chi connectivity index (χ0) is 27.3. The molecule has 0 bridgehead atoms. The molecule has 0 heterocycles. The molecule has 38 heavy (non-hydrogen) atoms. The minimum absolute atomic E-state index is 0.126. The molecule has 8 atom stereocenters. The minimum Gasteiger partial charge on any atom is -0.461 e. The van der Waals surface area contributed by atoms with Crippen molar-refractivity contribution in [2.75, 3.05) is 27.7 Å². The average molecular weight is 519 g/mol. The predicted molar refractivity (Wildman–Crippen MR) is 156 cm³/mol. The maximum atomic E-state index is 12.9. The second-order valence-electron chi connectivity index (χ2n) is 13.8. The standard InChI is InChI=1S/C34H50N2O2/c1-23(36(6)7)27-18-20-34(4)29-15-14-28-25(21-26(29)17-19-33(27,34)3)13-16-30(35-5)32(28,2)22-38-31(37)24-11-9-8-10-12-24/h8-12,17,21,23,27-30,35H,13-16,18-20,22H2,1-7H3/t23-,27+,28+,29+,30-,32-,33+,34-/m0/s1. The Morgan fingerprint density at radius 2 is 1.76 bits per heavy atom. The topological polar surface area (TPSA) is 41.6 Å². The van der Waals surface area contributed by atoms with Gasteiger partial charge in [-0.25, -0.2) is 4.79 Å². The van der Waals surface area contributed by atoms with Crippen molar-refractivity contribution in [3.05, 3.63) is 59.2 Å². The lowest BCUT2D eigenvalue weighted by molar-refractivity contribution is -0.0186. The molecule has 4 aliphatic rings. The number of allylic oxidation sites excluding steroid dienone is 4. The molecule has 5 rings (SSSR count). The molecule has 0 amide bonds. The summed E-state index contributed by atoms with van der Waals surface area (Å²) in [6.07, 6.45) is 13.7. The maximum absolute atomic E-state index is 12.9. The van der Waals surface area contributed by atoms with Crippen LogP contribution in [0, 0.1) is 34.0 Å². The Hall–Kier alpha value is -1.91. The second kappa shape index (κ2) is 10.2. The Morgan fingerprint density at radius 3 is 2.45 bits per heavy atom. The van der Waals surface area contributed by atoms with Crippen molar-refractivity contribution in [2.24, 2.45) is 34.0 Å². The van der Waals surface area contributed by atoms with Gasteiger partial charge in [0.25, 0.3) is 0 Å². The molecule has 208 valence electrons. The van der Waals surface area contributed by atoms with E-state index in [1.807, 2.05) is 30.3 Å². The van der Waals surface area contributed by atoms with Gasteiger partial charge in [-0.2, -0.15) is 0 Å². The number of nitrogens with zero attached hydrogens (tertiary/aromatic N) is 1. The molecule has 0 saturated heterocycles. The van der Waals surface area contributed by atoms with E-state index in [-0.39, 0.29) is 11.4 Å². The van der Waals surface area contributed by atoms with Crippen LogP contribution in [0.2, 0.25) is 0 Å². The fourth-order valence-electron chi connectivity index (χ4n) is 9.33. The Labute approximate surface area is 231 Å². The van der Waals surface area contributed by atoms with E-state index < -0.39 is 0 Å². The fraction of sp³-hybridized carbons (Fsp3) is 0.676. The lowest BCUT2D eigenvalue weighted by Crippen LogP contribution is -2.53. The summed E-state index contributed by atoms with van der Waals surface area (Å²) in [5.74, 6) is 1.56. The number of fused-ring (bicyclic) bond motifs is 4. The zero-order valence-corrected chi connectivity index (χ0v) is 24.8. The molecule has 2 saturated carbocycles. The minimum atomic E-state index is -0.210. The van der Waals surface area contributed by atoms with Gasteiger partial charge in [-0.1, -0.05) is 56.7 Å². The van der Waals surface area contributed by atoms with E-state index in [1.165, 1.54) is 32.1 Å². The molecule has 1 N–H and O–H groups in total. The number of carbonyl (C=O) groups excluding carboxylic acids is 1. The summed E-state index contributed by atoms with van der Waals surface area (Å²) < 4.78 is 6.05. The van der Waals surface area contributed by atoms with Crippen LogP contribution in [0.25, 0.3) is 0 Å². The highest BCUT2D eigenvalue weighted by atomic mass is 16.5. The first kappa shape index (κ1) is 27.6. The molecule has 1 aromatic rings. The Bertz CT molecular complexity index is 1090. The molecule has 0 aromatic heterocycles. The zero-order valence-electron chi connectivity index (χ0n) is 24.8. The molecule has 4 heteroatoms. The molecular formula is C34H50N2O2. The monoisotopic (exact) mass is 518 g/mol. The number of hydrogen-bond donors (Lipinski definition) is 1. The first-order valence-electron chi connectivity index (χ1n) is 15.0. The van der Waals surface area contributed by atoms with E-state index in [9.17, 15) is 4.79 Å². The second-order valence-corrected chi connectivity index (χ2v) is 13.8. The maximum Gasteiger partial charge on any atom is 0.338 e. The molecule has 0 aliphatic heterocycles. The summed E-state index contributed by atoms with van der Waals surface area (Å²) in [5, 5.41) is 3.62. The van der Waals surface area contributed by atoms with Gasteiger partial charge in [0.15, 0.2) is 0 Å². The molecule has 0 unspecified atom stereocenters. The van der Waals surface area contributed by atoms with Crippen LogP contribution in [-0.4, -0.2) is 50.7 Å². The summed E-state index contributed by atoms with van der Waals surface area (Å²) >= 11 is 0. The molecule has 0 spiro atoms. The number of benzene rings is 1. The SMILES string of the molecule is CN[C@H]1CCC2=CC3=CC[C@]4(C)[C@@H]([C@H](C)N(C)C)CC[C@@]4(C)[C@@H]3CC[C@H]2[C@]1(C)COC(=O)c1ccccc1. The first-order valence-corrected chi connectivity index (χ1v) is 15.0. The van der Waals surface area contributed by atoms with Gasteiger partial charge in [0, 0.05) is 17.5 Å². The van der Waals surface area contributed by atoms with E-state index in [2.05, 4.69) is 71.2 Å². The lowest BCUT2D eigenvalue weighted by Gasteiger charge is -2.54. The van der Waals surface area contributed by atoms with Crippen molar-refractivity contribution < 1.29 is 9.53 Å². The van der Waals surface area contributed by atoms with Crippen LogP contribution in [0.15, 0.2) is 53.6 Å². The Balaban J connectivity index is 1.41. The average Bonchev–Trinajstić information content (AvgIpc) is 3.05. The van der Waals surface area contributed by atoms with Gasteiger partial charge >= 0.3 is 5.97 Å². The van der Waals surface area contributed by atoms with Gasteiger partial charge in [-0.05, 0) is 119 Å². The number of nitrogens with one attached hydrogen (secondary N) is 1. The summed E-state index contributed by atoms with van der Waals surface area (Å²) in [7, 11) is 6.57. The third kappa shape index (κ3) is 4.31. The van der Waals surface area contributed by atoms with Crippen LogP contribution in [0.4, 0.5) is 0 Å². The van der Waals surface area contributed by atoms with Crippen molar-refractivity contribution in [3.8, 4) is 0 Å². The van der Waals surface area contributed by atoms with Gasteiger partial charge in [0.2, 0.25) is 0 Å². The summed E-state index contributed by atoms with van der Waals surface area (Å²) in [5.41, 5.74) is 4.37. The molecule has 2 fully saturated rings. The van der Waals surface area contributed by atoms with Gasteiger partial charge < -0.3 is 15.0 Å². The van der Waals surface area contributed by atoms with Crippen LogP contribution < -0.4 is 5.32 Å². The highest BCUT2D eigenvalue weighted by Crippen LogP contribution is 2.68. The highest BCUT2D eigenvalue weighted by molar-refractivity contribution is 5.89. The van der Waals surface area contributed by atoms with E-state index in [0.29, 0.717) is 46.9 Å². The number of esters is 1. The Morgan fingerprint density at radius 1 is 1.05 bits per heavy atom. The number of hydrogen-bond acceptors (Lipinski definition) is 4. The highest BCUT2D eigenvalue weighted by Gasteiger charge is 2.61. The Kier molecular flexibility index (Phi) is 7.45. The summed E-state index contributed by atoms with van der Waals surface area (Å²) in [6, 6.07) is 10.4. The predicted octanol–water partition coefficient (Wildman–Crippen LogP) is 6.89. The molecular weight excluding hydrogens is 468 g/mol. The van der Waals surface area contributed by atoms with Crippen LogP contribution in [-0.2, 0) is 4.74 Å². The van der Waals surface area contributed by atoms with Crippen LogP contribution in [0.3, 0.4) is 0 Å². The third-order valence-electron chi connectivity index (χ3n) is 12.2. The van der Waals surface area contributed by atoms with Gasteiger partial charge in [-0.15, -0.1) is 0 Å². The van der Waals surface area contributed by atoms with E-state index >= 15 is 0 Å². The number of ether oxygens (including phenoxy) is 1. The third-order valence-corrected chi connectivity index (χ3v) is 12.2. The fourth-order valence-corrected chi connectivity index (χ4v) is 9.33. The van der Waals surface area contributed by atoms with Crippen molar-refractivity contribution >= 4 is 5.97 Å². The van der Waals surface area contributed by atoms with Gasteiger partial charge in [0.05, 0.1) is 12.2 Å². The van der Waals surface area contributed by atoms with E-state index in [0.717, 1.165) is 18.8 Å². The normalized spacial score (nSPS) is 39.3. The van der Waals surface area contributed by atoms with E-state index in [1.54, 1.807) is 11.1 Å². The van der Waals surface area contributed by atoms with Crippen LogP contribution in [0.5, 0.6) is 0 Å². The number of rotatable bonds is 6. The largest absolute Gasteiger partial charge is 0.461 e. The summed E-state index contributed by atoms with van der Waals surface area (Å²) in [6.45, 7) is 10.5. The van der Waals surface area contributed by atoms with Gasteiger partial charge in [-0.3, -0.25) is 0 Å². The van der Waals surface area contributed by atoms with Gasteiger partial charge in [0.1, 0.15) is 0 Å². The molecule has 4 nitrogen and oxygen atoms in total.